The van der Waals surface area contributed by atoms with Gasteiger partial charge in [-0.3, -0.25) is 0 Å². The average Bonchev–Trinajstić information content (AvgIpc) is 2.01. The number of aliphatic imine (C=N–C) groups is 1. The highest BCUT2D eigenvalue weighted by atomic mass is 79.9. The second-order valence-electron chi connectivity index (χ2n) is 2.37. The van der Waals surface area contributed by atoms with Gasteiger partial charge >= 0.3 is 0 Å². The molecule has 0 fully saturated rings. The Balaban J connectivity index is 0.00000144. The molecule has 0 saturated carbocycles. The van der Waals surface area contributed by atoms with Crippen molar-refractivity contribution in [3.8, 4) is 0 Å². The van der Waals surface area contributed by atoms with Crippen LogP contribution in [0.5, 0.6) is 0 Å². The van der Waals surface area contributed by atoms with Crippen LogP contribution >= 0.6 is 28.3 Å². The van der Waals surface area contributed by atoms with E-state index < -0.39 is 0 Å². The number of halogens is 2. The first-order valence-electron chi connectivity index (χ1n) is 3.48. The Hall–Kier alpha value is -0.740. The van der Waals surface area contributed by atoms with E-state index in [0.717, 1.165) is 10.0 Å². The topological polar surface area (TPSA) is 64.4 Å². The molecule has 0 unspecified atom stereocenters. The SMILES string of the molecule is Cl.NC(N)=NCc1cccc(Br)c1. The molecule has 0 aliphatic carbocycles. The van der Waals surface area contributed by atoms with Crippen LogP contribution < -0.4 is 11.5 Å². The van der Waals surface area contributed by atoms with Gasteiger partial charge in [-0.1, -0.05) is 28.1 Å². The van der Waals surface area contributed by atoms with Crippen molar-refractivity contribution in [1.82, 2.24) is 0 Å². The van der Waals surface area contributed by atoms with Gasteiger partial charge in [0.2, 0.25) is 0 Å². The van der Waals surface area contributed by atoms with E-state index in [-0.39, 0.29) is 18.4 Å². The summed E-state index contributed by atoms with van der Waals surface area (Å²) in [6.07, 6.45) is 0. The zero-order valence-corrected chi connectivity index (χ0v) is 9.31. The Morgan fingerprint density at radius 2 is 2.08 bits per heavy atom. The van der Waals surface area contributed by atoms with Gasteiger partial charge in [-0.25, -0.2) is 4.99 Å². The van der Waals surface area contributed by atoms with Crippen LogP contribution in [0.4, 0.5) is 0 Å². The molecule has 72 valence electrons. The van der Waals surface area contributed by atoms with Gasteiger partial charge in [0, 0.05) is 4.47 Å². The summed E-state index contributed by atoms with van der Waals surface area (Å²) >= 11 is 3.36. The van der Waals surface area contributed by atoms with Crippen molar-refractivity contribution in [2.24, 2.45) is 16.5 Å². The Morgan fingerprint density at radius 1 is 1.38 bits per heavy atom. The molecule has 3 nitrogen and oxygen atoms in total. The predicted octanol–water partition coefficient (Wildman–Crippen LogP) is 1.64. The molecular formula is C8H11BrClN3. The van der Waals surface area contributed by atoms with Gasteiger partial charge in [-0.05, 0) is 17.7 Å². The van der Waals surface area contributed by atoms with Crippen LogP contribution in [-0.2, 0) is 6.54 Å². The van der Waals surface area contributed by atoms with E-state index in [9.17, 15) is 0 Å². The van der Waals surface area contributed by atoms with E-state index in [1.54, 1.807) is 0 Å². The highest BCUT2D eigenvalue weighted by Crippen LogP contribution is 2.11. The monoisotopic (exact) mass is 263 g/mol. The molecule has 5 heteroatoms. The predicted molar refractivity (Wildman–Crippen MR) is 60.9 cm³/mol. The van der Waals surface area contributed by atoms with E-state index in [0.29, 0.717) is 6.54 Å². The quantitative estimate of drug-likeness (QED) is 0.630. The summed E-state index contributed by atoms with van der Waals surface area (Å²) in [4.78, 5) is 3.89. The number of hydrogen-bond donors (Lipinski definition) is 2. The van der Waals surface area contributed by atoms with Crippen molar-refractivity contribution in [3.05, 3.63) is 34.3 Å². The molecule has 4 N–H and O–H groups in total. The molecule has 0 amide bonds. The van der Waals surface area contributed by atoms with Crippen LogP contribution in [0, 0.1) is 0 Å². The molecule has 1 aromatic rings. The summed E-state index contributed by atoms with van der Waals surface area (Å²) in [5.74, 6) is 0.120. The lowest BCUT2D eigenvalue weighted by molar-refractivity contribution is 1.05. The van der Waals surface area contributed by atoms with Gasteiger partial charge in [0.1, 0.15) is 0 Å². The maximum atomic E-state index is 5.19. The van der Waals surface area contributed by atoms with Crippen molar-refractivity contribution >= 4 is 34.3 Å². The molecule has 1 aromatic carbocycles. The third-order valence-corrected chi connectivity index (χ3v) is 1.83. The summed E-state index contributed by atoms with van der Waals surface area (Å²) < 4.78 is 1.03. The minimum atomic E-state index is 0. The minimum absolute atomic E-state index is 0. The maximum absolute atomic E-state index is 5.19. The molecule has 0 aliphatic heterocycles. The van der Waals surface area contributed by atoms with Gasteiger partial charge in [0.25, 0.3) is 0 Å². The summed E-state index contributed by atoms with van der Waals surface area (Å²) in [5, 5.41) is 0. The minimum Gasteiger partial charge on any atom is -0.370 e. The maximum Gasteiger partial charge on any atom is 0.186 e. The lowest BCUT2D eigenvalue weighted by Gasteiger charge is -1.97. The lowest BCUT2D eigenvalue weighted by atomic mass is 10.2. The van der Waals surface area contributed by atoms with Crippen molar-refractivity contribution in [3.63, 3.8) is 0 Å². The molecule has 0 radical (unpaired) electrons. The smallest absolute Gasteiger partial charge is 0.186 e. The van der Waals surface area contributed by atoms with Gasteiger partial charge < -0.3 is 11.5 Å². The van der Waals surface area contributed by atoms with Gasteiger partial charge in [-0.2, -0.15) is 0 Å². The molecule has 0 aromatic heterocycles. The highest BCUT2D eigenvalue weighted by Gasteiger charge is 1.91. The number of benzene rings is 1. The number of nitrogens with zero attached hydrogens (tertiary/aromatic N) is 1. The third kappa shape index (κ3) is 4.75. The number of guanidine groups is 1. The first-order valence-corrected chi connectivity index (χ1v) is 4.27. The zero-order valence-electron chi connectivity index (χ0n) is 6.90. The second kappa shape index (κ2) is 5.83. The summed E-state index contributed by atoms with van der Waals surface area (Å²) in [5.41, 5.74) is 11.5. The molecule has 0 heterocycles. The molecule has 0 spiro atoms. The fourth-order valence-corrected chi connectivity index (χ4v) is 1.26. The van der Waals surface area contributed by atoms with E-state index in [1.807, 2.05) is 24.3 Å². The average molecular weight is 265 g/mol. The fraction of sp³-hybridized carbons (Fsp3) is 0.125. The van der Waals surface area contributed by atoms with E-state index >= 15 is 0 Å². The van der Waals surface area contributed by atoms with Gasteiger partial charge in [0.15, 0.2) is 5.96 Å². The standard InChI is InChI=1S/C8H10BrN3.ClH/c9-7-3-1-2-6(4-7)5-12-8(10)11;/h1-4H,5H2,(H4,10,11,12);1H. The molecule has 1 rings (SSSR count). The highest BCUT2D eigenvalue weighted by molar-refractivity contribution is 9.10. The lowest BCUT2D eigenvalue weighted by Crippen LogP contribution is -2.22. The zero-order chi connectivity index (χ0) is 8.97. The Morgan fingerprint density at radius 3 is 2.62 bits per heavy atom. The number of hydrogen-bond acceptors (Lipinski definition) is 1. The molecule has 0 atom stereocenters. The second-order valence-corrected chi connectivity index (χ2v) is 3.29. The van der Waals surface area contributed by atoms with Crippen LogP contribution in [0.3, 0.4) is 0 Å². The van der Waals surface area contributed by atoms with Crippen LogP contribution in [0.25, 0.3) is 0 Å². The third-order valence-electron chi connectivity index (χ3n) is 1.33. The van der Waals surface area contributed by atoms with Crippen LogP contribution in [-0.4, -0.2) is 5.96 Å². The normalized spacial score (nSPS) is 8.69. The van der Waals surface area contributed by atoms with E-state index in [4.69, 9.17) is 11.5 Å². The van der Waals surface area contributed by atoms with Crippen molar-refractivity contribution in [2.45, 2.75) is 6.54 Å². The summed E-state index contributed by atoms with van der Waals surface area (Å²) in [7, 11) is 0. The van der Waals surface area contributed by atoms with Crippen LogP contribution in [0.15, 0.2) is 33.7 Å². The largest absolute Gasteiger partial charge is 0.370 e. The summed E-state index contributed by atoms with van der Waals surface area (Å²) in [6, 6.07) is 7.85. The van der Waals surface area contributed by atoms with Crippen molar-refractivity contribution < 1.29 is 0 Å². The van der Waals surface area contributed by atoms with Crippen molar-refractivity contribution in [1.29, 1.82) is 0 Å². The molecule has 13 heavy (non-hydrogen) atoms. The van der Waals surface area contributed by atoms with Crippen LogP contribution in [0.2, 0.25) is 0 Å². The number of rotatable bonds is 2. The molecule has 0 saturated heterocycles. The Bertz CT molecular complexity index is 297. The number of nitrogens with two attached hydrogens (primary N) is 2. The molecule has 0 aliphatic rings. The van der Waals surface area contributed by atoms with E-state index in [2.05, 4.69) is 20.9 Å². The Kier molecular flexibility index (Phi) is 5.50. The van der Waals surface area contributed by atoms with E-state index in [1.165, 1.54) is 0 Å². The summed E-state index contributed by atoms with van der Waals surface area (Å²) in [6.45, 7) is 0.530. The molecular weight excluding hydrogens is 253 g/mol. The molecule has 0 bridgehead atoms. The van der Waals surface area contributed by atoms with Gasteiger partial charge in [-0.15, -0.1) is 12.4 Å². The van der Waals surface area contributed by atoms with Crippen molar-refractivity contribution in [2.75, 3.05) is 0 Å². The fourth-order valence-electron chi connectivity index (χ4n) is 0.818. The first kappa shape index (κ1) is 12.3. The van der Waals surface area contributed by atoms with Crippen LogP contribution in [0.1, 0.15) is 5.56 Å². The van der Waals surface area contributed by atoms with Gasteiger partial charge in [0.05, 0.1) is 6.54 Å². The Labute approximate surface area is 91.8 Å². The first-order chi connectivity index (χ1) is 5.68.